The first kappa shape index (κ1) is 17.1. The molecule has 1 aromatic rings. The number of rotatable bonds is 7. The van der Waals surface area contributed by atoms with E-state index in [2.05, 4.69) is 51.9 Å². The molecule has 0 saturated heterocycles. The zero-order chi connectivity index (χ0) is 15.3. The molecule has 0 radical (unpaired) electrons. The second-order valence-electron chi connectivity index (χ2n) is 6.36. The van der Waals surface area contributed by atoms with E-state index in [0.717, 1.165) is 17.7 Å². The first-order valence-corrected chi connectivity index (χ1v) is 7.52. The van der Waals surface area contributed by atoms with E-state index in [0.29, 0.717) is 24.5 Å². The van der Waals surface area contributed by atoms with Gasteiger partial charge in [0, 0.05) is 30.7 Å². The third-order valence-electron chi connectivity index (χ3n) is 3.90. The summed E-state index contributed by atoms with van der Waals surface area (Å²) in [5.41, 5.74) is 1.92. The SMILES string of the molecule is CC(C)NCc1ccc(F)c(CN(C)C(C)C(C)C)c1. The molecule has 3 heteroatoms. The molecule has 20 heavy (non-hydrogen) atoms. The van der Waals surface area contributed by atoms with Crippen LogP contribution in [-0.2, 0) is 13.1 Å². The molecule has 1 N–H and O–H groups in total. The van der Waals surface area contributed by atoms with E-state index in [1.807, 2.05) is 12.1 Å². The maximum Gasteiger partial charge on any atom is 0.127 e. The van der Waals surface area contributed by atoms with E-state index in [9.17, 15) is 4.39 Å². The monoisotopic (exact) mass is 280 g/mol. The fourth-order valence-corrected chi connectivity index (χ4v) is 2.10. The normalized spacial score (nSPS) is 13.5. The molecule has 0 aliphatic heterocycles. The molecule has 0 aliphatic carbocycles. The molecule has 0 saturated carbocycles. The lowest BCUT2D eigenvalue weighted by atomic mass is 10.0. The lowest BCUT2D eigenvalue weighted by Crippen LogP contribution is -2.33. The van der Waals surface area contributed by atoms with E-state index >= 15 is 0 Å². The minimum atomic E-state index is -0.110. The first-order valence-electron chi connectivity index (χ1n) is 7.52. The van der Waals surface area contributed by atoms with Crippen LogP contribution in [0.25, 0.3) is 0 Å². The largest absolute Gasteiger partial charge is 0.310 e. The molecule has 0 bridgehead atoms. The van der Waals surface area contributed by atoms with Crippen LogP contribution in [0.15, 0.2) is 18.2 Å². The van der Waals surface area contributed by atoms with Crippen molar-refractivity contribution < 1.29 is 4.39 Å². The van der Waals surface area contributed by atoms with Gasteiger partial charge in [-0.3, -0.25) is 4.90 Å². The first-order chi connectivity index (χ1) is 9.31. The maximum atomic E-state index is 13.9. The van der Waals surface area contributed by atoms with E-state index in [4.69, 9.17) is 0 Å². The number of hydrogen-bond acceptors (Lipinski definition) is 2. The third-order valence-corrected chi connectivity index (χ3v) is 3.90. The molecule has 0 aromatic heterocycles. The van der Waals surface area contributed by atoms with Crippen molar-refractivity contribution in [3.05, 3.63) is 35.1 Å². The highest BCUT2D eigenvalue weighted by atomic mass is 19.1. The van der Waals surface area contributed by atoms with Crippen LogP contribution in [0.3, 0.4) is 0 Å². The smallest absolute Gasteiger partial charge is 0.127 e. The summed E-state index contributed by atoms with van der Waals surface area (Å²) in [5, 5.41) is 3.37. The fourth-order valence-electron chi connectivity index (χ4n) is 2.10. The van der Waals surface area contributed by atoms with Crippen LogP contribution in [-0.4, -0.2) is 24.0 Å². The molecule has 0 aliphatic rings. The Morgan fingerprint density at radius 2 is 1.80 bits per heavy atom. The molecule has 114 valence electrons. The summed E-state index contributed by atoms with van der Waals surface area (Å²) in [7, 11) is 2.06. The highest BCUT2D eigenvalue weighted by molar-refractivity contribution is 5.25. The Labute approximate surface area is 123 Å². The molecular weight excluding hydrogens is 251 g/mol. The summed E-state index contributed by atoms with van der Waals surface area (Å²) in [6.45, 7) is 12.2. The minimum absolute atomic E-state index is 0.110. The third kappa shape index (κ3) is 5.22. The van der Waals surface area contributed by atoms with Gasteiger partial charge in [0.1, 0.15) is 5.82 Å². The van der Waals surface area contributed by atoms with Gasteiger partial charge in [-0.25, -0.2) is 4.39 Å². The standard InChI is InChI=1S/C17H29FN2/c1-12(2)14(5)20(6)11-16-9-15(7-8-17(16)18)10-19-13(3)4/h7-9,12-14,19H,10-11H2,1-6H3. The summed E-state index contributed by atoms with van der Waals surface area (Å²) in [4.78, 5) is 2.21. The Bertz CT molecular complexity index is 415. The van der Waals surface area contributed by atoms with Crippen LogP contribution < -0.4 is 5.32 Å². The number of nitrogens with zero attached hydrogens (tertiary/aromatic N) is 1. The molecule has 0 spiro atoms. The van der Waals surface area contributed by atoms with Gasteiger partial charge in [-0.15, -0.1) is 0 Å². The average molecular weight is 280 g/mol. The van der Waals surface area contributed by atoms with Crippen molar-refractivity contribution in [1.29, 1.82) is 0 Å². The van der Waals surface area contributed by atoms with Crippen molar-refractivity contribution in [3.8, 4) is 0 Å². The van der Waals surface area contributed by atoms with Crippen molar-refractivity contribution >= 4 is 0 Å². The zero-order valence-electron chi connectivity index (χ0n) is 13.7. The van der Waals surface area contributed by atoms with E-state index < -0.39 is 0 Å². The van der Waals surface area contributed by atoms with Gasteiger partial charge in [0.15, 0.2) is 0 Å². The number of hydrogen-bond donors (Lipinski definition) is 1. The summed E-state index contributed by atoms with van der Waals surface area (Å²) in [5.74, 6) is 0.454. The number of benzene rings is 1. The van der Waals surface area contributed by atoms with Crippen molar-refractivity contribution in [2.24, 2.45) is 5.92 Å². The highest BCUT2D eigenvalue weighted by Gasteiger charge is 2.15. The number of halogens is 1. The summed E-state index contributed by atoms with van der Waals surface area (Å²) in [6, 6.07) is 6.30. The van der Waals surface area contributed by atoms with Gasteiger partial charge in [-0.2, -0.15) is 0 Å². The Hall–Kier alpha value is -0.930. The van der Waals surface area contributed by atoms with Gasteiger partial charge in [-0.1, -0.05) is 39.8 Å². The van der Waals surface area contributed by atoms with Crippen molar-refractivity contribution in [2.75, 3.05) is 7.05 Å². The Balaban J connectivity index is 2.76. The Kier molecular flexibility index (Phi) is 6.63. The fraction of sp³-hybridized carbons (Fsp3) is 0.647. The van der Waals surface area contributed by atoms with Crippen LogP contribution in [0, 0.1) is 11.7 Å². The van der Waals surface area contributed by atoms with E-state index in [-0.39, 0.29) is 5.82 Å². The second kappa shape index (κ2) is 7.75. The van der Waals surface area contributed by atoms with Gasteiger partial charge < -0.3 is 5.32 Å². The van der Waals surface area contributed by atoms with Crippen molar-refractivity contribution in [1.82, 2.24) is 10.2 Å². The quantitative estimate of drug-likeness (QED) is 0.817. The summed E-state index contributed by atoms with van der Waals surface area (Å²) < 4.78 is 13.9. The zero-order valence-corrected chi connectivity index (χ0v) is 13.7. The molecular formula is C17H29FN2. The molecule has 1 rings (SSSR count). The Morgan fingerprint density at radius 1 is 1.15 bits per heavy atom. The lowest BCUT2D eigenvalue weighted by molar-refractivity contribution is 0.198. The van der Waals surface area contributed by atoms with Gasteiger partial charge in [0.25, 0.3) is 0 Å². The average Bonchev–Trinajstić information content (AvgIpc) is 2.38. The van der Waals surface area contributed by atoms with Crippen LogP contribution in [0.2, 0.25) is 0 Å². The summed E-state index contributed by atoms with van der Waals surface area (Å²) in [6.07, 6.45) is 0. The van der Waals surface area contributed by atoms with Gasteiger partial charge in [0.2, 0.25) is 0 Å². The van der Waals surface area contributed by atoms with E-state index in [1.54, 1.807) is 6.07 Å². The maximum absolute atomic E-state index is 13.9. The van der Waals surface area contributed by atoms with Gasteiger partial charge >= 0.3 is 0 Å². The molecule has 2 nitrogen and oxygen atoms in total. The second-order valence-corrected chi connectivity index (χ2v) is 6.36. The van der Waals surface area contributed by atoms with Gasteiger partial charge in [-0.05, 0) is 31.5 Å². The summed E-state index contributed by atoms with van der Waals surface area (Å²) >= 11 is 0. The predicted molar refractivity (Wildman–Crippen MR) is 84.1 cm³/mol. The minimum Gasteiger partial charge on any atom is -0.310 e. The predicted octanol–water partition coefficient (Wildman–Crippen LogP) is 3.80. The van der Waals surface area contributed by atoms with Crippen LogP contribution >= 0.6 is 0 Å². The van der Waals surface area contributed by atoms with Crippen molar-refractivity contribution in [2.45, 2.75) is 59.8 Å². The van der Waals surface area contributed by atoms with Crippen LogP contribution in [0.5, 0.6) is 0 Å². The molecule has 1 atom stereocenters. The lowest BCUT2D eigenvalue weighted by Gasteiger charge is -2.28. The molecule has 1 aromatic carbocycles. The number of nitrogens with one attached hydrogen (secondary N) is 1. The Morgan fingerprint density at radius 3 is 2.35 bits per heavy atom. The molecule has 1 unspecified atom stereocenters. The molecule has 0 heterocycles. The highest BCUT2D eigenvalue weighted by Crippen LogP contribution is 2.16. The van der Waals surface area contributed by atoms with Crippen LogP contribution in [0.1, 0.15) is 45.7 Å². The van der Waals surface area contributed by atoms with Crippen molar-refractivity contribution in [3.63, 3.8) is 0 Å². The topological polar surface area (TPSA) is 15.3 Å². The van der Waals surface area contributed by atoms with Gasteiger partial charge in [0.05, 0.1) is 0 Å². The van der Waals surface area contributed by atoms with E-state index in [1.165, 1.54) is 0 Å². The van der Waals surface area contributed by atoms with Crippen LogP contribution in [0.4, 0.5) is 4.39 Å². The molecule has 0 amide bonds. The molecule has 0 fully saturated rings.